The van der Waals surface area contributed by atoms with Crippen molar-refractivity contribution in [1.82, 2.24) is 0 Å². The fourth-order valence-corrected chi connectivity index (χ4v) is 6.23. The average molecular weight is 442 g/mol. The fraction of sp³-hybridized carbons (Fsp3) is 0.143. The Morgan fingerprint density at radius 2 is 1.56 bits per heavy atom. The zero-order valence-corrected chi connectivity index (χ0v) is 16.3. The molecule has 2 N–H and O–H groups in total. The maximum atomic E-state index is 13.0. The second kappa shape index (κ2) is 6.29. The molecule has 0 fully saturated rings. The first-order chi connectivity index (χ1) is 11.5. The highest BCUT2D eigenvalue weighted by atomic mass is 35.5. The Kier molecular flexibility index (Phi) is 4.72. The van der Waals surface area contributed by atoms with Crippen LogP contribution in [-0.4, -0.2) is 23.4 Å². The topological polar surface area (TPSA) is 97.5 Å². The number of fused-ring (bicyclic) bond motifs is 1. The molecule has 0 aliphatic carbocycles. The van der Waals surface area contributed by atoms with E-state index >= 15 is 0 Å². The van der Waals surface area contributed by atoms with E-state index in [4.69, 9.17) is 39.9 Å². The molecule has 11 heteroatoms. The standard InChI is InChI=1S/C14H11Cl3N2O4S2/c15-9-6-11(16)14(12(17)7-9)25(22,23)19-4-3-8-5-10(24(18,20)21)1-2-13(8)19/h1-2,5-7H,3-4H2,(H2,18,20,21). The summed E-state index contributed by atoms with van der Waals surface area (Å²) in [4.78, 5) is -0.323. The van der Waals surface area contributed by atoms with Crippen LogP contribution in [0, 0.1) is 0 Å². The summed E-state index contributed by atoms with van der Waals surface area (Å²) in [5.41, 5.74) is 0.908. The first-order valence-electron chi connectivity index (χ1n) is 6.85. The summed E-state index contributed by atoms with van der Waals surface area (Å²) in [6.45, 7) is 0.126. The van der Waals surface area contributed by atoms with Gasteiger partial charge in [0.05, 0.1) is 20.6 Å². The van der Waals surface area contributed by atoms with Gasteiger partial charge in [0.1, 0.15) is 4.90 Å². The molecule has 1 aliphatic rings. The lowest BCUT2D eigenvalue weighted by atomic mass is 10.2. The van der Waals surface area contributed by atoms with Gasteiger partial charge in [-0.25, -0.2) is 22.0 Å². The molecule has 2 aromatic carbocycles. The summed E-state index contributed by atoms with van der Waals surface area (Å²) in [6, 6.07) is 6.61. The van der Waals surface area contributed by atoms with Crippen LogP contribution in [0.1, 0.15) is 5.56 Å². The van der Waals surface area contributed by atoms with E-state index in [2.05, 4.69) is 0 Å². The minimum Gasteiger partial charge on any atom is -0.266 e. The molecule has 0 unspecified atom stereocenters. The summed E-state index contributed by atoms with van der Waals surface area (Å²) in [6.07, 6.45) is 0.334. The molecule has 0 amide bonds. The molecule has 134 valence electrons. The lowest BCUT2D eigenvalue weighted by Gasteiger charge is -2.21. The minimum absolute atomic E-state index is 0.0759. The van der Waals surface area contributed by atoms with E-state index in [9.17, 15) is 16.8 Å². The maximum absolute atomic E-state index is 13.0. The Hall–Kier alpha value is -1.03. The van der Waals surface area contributed by atoms with Crippen LogP contribution in [0.5, 0.6) is 0 Å². The number of halogens is 3. The van der Waals surface area contributed by atoms with Crippen molar-refractivity contribution in [3.8, 4) is 0 Å². The van der Waals surface area contributed by atoms with Crippen molar-refractivity contribution < 1.29 is 16.8 Å². The zero-order chi connectivity index (χ0) is 18.6. The number of anilines is 1. The Labute approximate surface area is 160 Å². The van der Waals surface area contributed by atoms with Gasteiger partial charge >= 0.3 is 0 Å². The number of sulfonamides is 2. The van der Waals surface area contributed by atoms with Crippen molar-refractivity contribution in [2.75, 3.05) is 10.8 Å². The molecule has 0 saturated heterocycles. The van der Waals surface area contributed by atoms with Gasteiger partial charge in [-0.05, 0) is 42.3 Å². The largest absolute Gasteiger partial charge is 0.267 e. The average Bonchev–Trinajstić information content (AvgIpc) is 2.88. The molecule has 0 bridgehead atoms. The van der Waals surface area contributed by atoms with Gasteiger partial charge < -0.3 is 0 Å². The van der Waals surface area contributed by atoms with Gasteiger partial charge in [-0.1, -0.05) is 34.8 Å². The van der Waals surface area contributed by atoms with Crippen LogP contribution in [0.3, 0.4) is 0 Å². The molecule has 0 atom stereocenters. The highest BCUT2D eigenvalue weighted by Crippen LogP contribution is 2.39. The minimum atomic E-state index is -4.05. The zero-order valence-electron chi connectivity index (χ0n) is 12.4. The molecule has 3 rings (SSSR count). The first kappa shape index (κ1) is 18.8. The van der Waals surface area contributed by atoms with Crippen molar-refractivity contribution in [2.24, 2.45) is 5.14 Å². The Morgan fingerprint density at radius 1 is 0.960 bits per heavy atom. The van der Waals surface area contributed by atoms with Crippen molar-refractivity contribution >= 4 is 60.5 Å². The van der Waals surface area contributed by atoms with Crippen LogP contribution in [0.4, 0.5) is 5.69 Å². The monoisotopic (exact) mass is 440 g/mol. The van der Waals surface area contributed by atoms with Crippen molar-refractivity contribution in [1.29, 1.82) is 0 Å². The highest BCUT2D eigenvalue weighted by molar-refractivity contribution is 7.93. The number of rotatable bonds is 3. The van der Waals surface area contributed by atoms with Gasteiger partial charge in [-0.15, -0.1) is 0 Å². The van der Waals surface area contributed by atoms with Gasteiger partial charge in [-0.3, -0.25) is 4.31 Å². The van der Waals surface area contributed by atoms with Crippen LogP contribution < -0.4 is 9.44 Å². The van der Waals surface area contributed by atoms with Crippen LogP contribution in [0.15, 0.2) is 40.1 Å². The summed E-state index contributed by atoms with van der Waals surface area (Å²) in [7, 11) is -7.92. The summed E-state index contributed by atoms with van der Waals surface area (Å²) < 4.78 is 50.0. The number of nitrogens with zero attached hydrogens (tertiary/aromatic N) is 1. The van der Waals surface area contributed by atoms with Crippen LogP contribution in [-0.2, 0) is 26.5 Å². The van der Waals surface area contributed by atoms with E-state index in [-0.39, 0.29) is 31.4 Å². The van der Waals surface area contributed by atoms with Gasteiger partial charge in [0.25, 0.3) is 10.0 Å². The van der Waals surface area contributed by atoms with Crippen molar-refractivity contribution in [3.05, 3.63) is 51.0 Å². The lowest BCUT2D eigenvalue weighted by molar-refractivity contribution is 0.592. The van der Waals surface area contributed by atoms with Crippen molar-refractivity contribution in [2.45, 2.75) is 16.2 Å². The molecule has 0 radical (unpaired) electrons. The van der Waals surface area contributed by atoms with E-state index in [0.717, 1.165) is 4.31 Å². The quantitative estimate of drug-likeness (QED) is 0.791. The molecular weight excluding hydrogens is 431 g/mol. The second-order valence-corrected chi connectivity index (χ2v) is 9.97. The molecule has 6 nitrogen and oxygen atoms in total. The van der Waals surface area contributed by atoms with Crippen LogP contribution >= 0.6 is 34.8 Å². The van der Waals surface area contributed by atoms with E-state index in [0.29, 0.717) is 17.7 Å². The van der Waals surface area contributed by atoms with Crippen LogP contribution in [0.2, 0.25) is 15.1 Å². The van der Waals surface area contributed by atoms with Gasteiger partial charge in [0.15, 0.2) is 0 Å². The van der Waals surface area contributed by atoms with Gasteiger partial charge in [0, 0.05) is 11.6 Å². The predicted molar refractivity (Wildman–Crippen MR) is 97.5 cm³/mol. The third-order valence-electron chi connectivity index (χ3n) is 3.74. The van der Waals surface area contributed by atoms with E-state index in [1.54, 1.807) is 0 Å². The normalized spacial score (nSPS) is 14.6. The molecule has 0 spiro atoms. The van der Waals surface area contributed by atoms with E-state index in [1.807, 2.05) is 0 Å². The summed E-state index contributed by atoms with van der Waals surface area (Å²) in [5, 5.41) is 5.14. The van der Waals surface area contributed by atoms with E-state index in [1.165, 1.54) is 30.3 Å². The predicted octanol–water partition coefficient (Wildman–Crippen LogP) is 3.05. The van der Waals surface area contributed by atoms with Gasteiger partial charge in [0.2, 0.25) is 10.0 Å². The maximum Gasteiger partial charge on any atom is 0.267 e. The second-order valence-electron chi connectivity index (χ2n) is 5.36. The molecule has 0 aromatic heterocycles. The molecule has 1 aliphatic heterocycles. The Balaban J connectivity index is 2.12. The number of hydrogen-bond acceptors (Lipinski definition) is 4. The third-order valence-corrected chi connectivity index (χ3v) is 7.61. The van der Waals surface area contributed by atoms with Gasteiger partial charge in [-0.2, -0.15) is 0 Å². The summed E-state index contributed by atoms with van der Waals surface area (Å²) >= 11 is 17.9. The number of nitrogens with two attached hydrogens (primary N) is 1. The van der Waals surface area contributed by atoms with Crippen molar-refractivity contribution in [3.63, 3.8) is 0 Å². The first-order valence-corrected chi connectivity index (χ1v) is 11.0. The third kappa shape index (κ3) is 3.34. The molecule has 1 heterocycles. The molecule has 0 saturated carbocycles. The fourth-order valence-electron chi connectivity index (χ4n) is 2.66. The molecular formula is C14H11Cl3N2O4S2. The number of primary sulfonamides is 1. The highest BCUT2D eigenvalue weighted by Gasteiger charge is 2.34. The molecule has 2 aromatic rings. The van der Waals surface area contributed by atoms with E-state index < -0.39 is 20.0 Å². The van der Waals surface area contributed by atoms with Crippen LogP contribution in [0.25, 0.3) is 0 Å². The lowest BCUT2D eigenvalue weighted by Crippen LogP contribution is -2.29. The summed E-state index contributed by atoms with van der Waals surface area (Å²) in [5.74, 6) is 0. The SMILES string of the molecule is NS(=O)(=O)c1ccc2c(c1)CCN2S(=O)(=O)c1c(Cl)cc(Cl)cc1Cl. The Morgan fingerprint density at radius 3 is 2.12 bits per heavy atom. The number of benzene rings is 2. The Bertz CT molecular complexity index is 1060. The molecule has 25 heavy (non-hydrogen) atoms. The smallest absolute Gasteiger partial charge is 0.266 e. The number of hydrogen-bond donors (Lipinski definition) is 1.